The van der Waals surface area contributed by atoms with Gasteiger partial charge in [-0.2, -0.15) is 0 Å². The van der Waals surface area contributed by atoms with Gasteiger partial charge in [0, 0.05) is 0 Å². The first-order valence-electron chi connectivity index (χ1n) is 6.34. The summed E-state index contributed by atoms with van der Waals surface area (Å²) >= 11 is 0. The first-order chi connectivity index (χ1) is 9.54. The van der Waals surface area contributed by atoms with Crippen LogP contribution in [0.1, 0.15) is 30.1 Å². The lowest BCUT2D eigenvalue weighted by Gasteiger charge is -2.14. The van der Waals surface area contributed by atoms with Crippen LogP contribution in [0, 0.1) is 0 Å². The lowest BCUT2D eigenvalue weighted by molar-refractivity contribution is 0.0492. The molecular weight excluding hydrogens is 263 g/mol. The average molecular weight is 282 g/mol. The van der Waals surface area contributed by atoms with Gasteiger partial charge in [0.05, 0.1) is 20.8 Å². The molecule has 0 unspecified atom stereocenters. The molecule has 0 heterocycles. The lowest BCUT2D eigenvalue weighted by atomic mass is 9.79. The molecule has 2 N–H and O–H groups in total. The zero-order valence-corrected chi connectivity index (χ0v) is 11.9. The third-order valence-corrected chi connectivity index (χ3v) is 2.76. The molecule has 7 heteroatoms. The van der Waals surface area contributed by atoms with E-state index in [1.807, 2.05) is 6.92 Å². The molecule has 1 aromatic carbocycles. The molecule has 1 aromatic rings. The van der Waals surface area contributed by atoms with E-state index in [0.29, 0.717) is 6.61 Å². The maximum Gasteiger partial charge on any atom is 0.488 e. The zero-order chi connectivity index (χ0) is 15.1. The first kappa shape index (κ1) is 16.3. The Kier molecular flexibility index (Phi) is 6.34. The fraction of sp³-hybridized carbons (Fsp3) is 0.462. The van der Waals surface area contributed by atoms with Crippen LogP contribution in [0.4, 0.5) is 0 Å². The molecule has 110 valence electrons. The molecule has 20 heavy (non-hydrogen) atoms. The number of benzene rings is 1. The molecule has 0 spiro atoms. The summed E-state index contributed by atoms with van der Waals surface area (Å²) in [5, 5.41) is 18.4. The molecule has 0 radical (unpaired) electrons. The average Bonchev–Trinajstić information content (AvgIpc) is 2.45. The van der Waals surface area contributed by atoms with Crippen molar-refractivity contribution in [2.75, 3.05) is 20.8 Å². The van der Waals surface area contributed by atoms with E-state index < -0.39 is 13.1 Å². The minimum atomic E-state index is -1.68. The number of unbranched alkanes of at least 4 members (excludes halogenated alkanes) is 1. The number of ether oxygens (including phenoxy) is 3. The Labute approximate surface area is 118 Å². The molecule has 0 aliphatic rings. The van der Waals surface area contributed by atoms with Gasteiger partial charge < -0.3 is 24.3 Å². The van der Waals surface area contributed by atoms with Gasteiger partial charge in [0.1, 0.15) is 17.1 Å². The maximum absolute atomic E-state index is 12.1. The van der Waals surface area contributed by atoms with Crippen LogP contribution in [0.3, 0.4) is 0 Å². The molecule has 0 fully saturated rings. The second-order valence-electron chi connectivity index (χ2n) is 4.16. The van der Waals surface area contributed by atoms with Gasteiger partial charge in [0.2, 0.25) is 0 Å². The highest BCUT2D eigenvalue weighted by atomic mass is 16.5. The van der Waals surface area contributed by atoms with Crippen molar-refractivity contribution in [3.05, 3.63) is 17.7 Å². The molecule has 0 aliphatic carbocycles. The number of carbonyl (C=O) groups excluding carboxylic acids is 1. The van der Waals surface area contributed by atoms with Gasteiger partial charge in [0.15, 0.2) is 0 Å². The first-order valence-corrected chi connectivity index (χ1v) is 6.34. The molecule has 0 aliphatic heterocycles. The summed E-state index contributed by atoms with van der Waals surface area (Å²) in [7, 11) is 1.08. The molecule has 0 saturated carbocycles. The SMILES string of the molecule is CCCCOC(=O)c1c(OC)cc(B(O)O)cc1OC. The molecule has 0 bridgehead atoms. The second-order valence-corrected chi connectivity index (χ2v) is 4.16. The van der Waals surface area contributed by atoms with Crippen molar-refractivity contribution in [1.29, 1.82) is 0 Å². The molecule has 0 aromatic heterocycles. The van der Waals surface area contributed by atoms with Crippen molar-refractivity contribution in [1.82, 2.24) is 0 Å². The summed E-state index contributed by atoms with van der Waals surface area (Å²) in [6.45, 7) is 2.30. The summed E-state index contributed by atoms with van der Waals surface area (Å²) in [6.07, 6.45) is 1.68. The van der Waals surface area contributed by atoms with Gasteiger partial charge in [-0.1, -0.05) is 13.3 Å². The van der Waals surface area contributed by atoms with Crippen LogP contribution in [0.5, 0.6) is 11.5 Å². The number of carbonyl (C=O) groups is 1. The van der Waals surface area contributed by atoms with E-state index in [1.165, 1.54) is 26.4 Å². The predicted octanol–water partition coefficient (Wildman–Crippen LogP) is 0.340. The number of methoxy groups -OCH3 is 2. The van der Waals surface area contributed by atoms with Crippen LogP contribution in [-0.4, -0.2) is 44.0 Å². The van der Waals surface area contributed by atoms with E-state index in [0.717, 1.165) is 12.8 Å². The highest BCUT2D eigenvalue weighted by Gasteiger charge is 2.24. The molecule has 1 rings (SSSR count). The van der Waals surface area contributed by atoms with Crippen LogP contribution in [-0.2, 0) is 4.74 Å². The lowest BCUT2D eigenvalue weighted by Crippen LogP contribution is -2.30. The summed E-state index contributed by atoms with van der Waals surface area (Å²) in [6, 6.07) is 2.73. The Hall–Kier alpha value is -1.73. The van der Waals surface area contributed by atoms with Crippen molar-refractivity contribution in [2.24, 2.45) is 0 Å². The third-order valence-electron chi connectivity index (χ3n) is 2.76. The zero-order valence-electron chi connectivity index (χ0n) is 11.9. The Bertz CT molecular complexity index is 435. The Morgan fingerprint density at radius 2 is 1.75 bits per heavy atom. The summed E-state index contributed by atoms with van der Waals surface area (Å²) in [4.78, 5) is 12.1. The van der Waals surface area contributed by atoms with Crippen molar-refractivity contribution in [2.45, 2.75) is 19.8 Å². The molecule has 6 nitrogen and oxygen atoms in total. The molecular formula is C13H19BO6. The molecule has 0 saturated heterocycles. The molecule has 0 atom stereocenters. The monoisotopic (exact) mass is 282 g/mol. The van der Waals surface area contributed by atoms with Gasteiger partial charge in [0.25, 0.3) is 0 Å². The summed E-state index contributed by atoms with van der Waals surface area (Å²) in [5.74, 6) is -0.214. The van der Waals surface area contributed by atoms with Crippen LogP contribution < -0.4 is 14.9 Å². The van der Waals surface area contributed by atoms with E-state index in [-0.39, 0.29) is 22.5 Å². The smallest absolute Gasteiger partial charge is 0.488 e. The van der Waals surface area contributed by atoms with Crippen LogP contribution in [0.15, 0.2) is 12.1 Å². The number of esters is 1. The summed E-state index contributed by atoms with van der Waals surface area (Å²) < 4.78 is 15.3. The standard InChI is InChI=1S/C13H19BO6/c1-4-5-6-20-13(15)12-10(18-2)7-9(14(16)17)8-11(12)19-3/h7-8,16-17H,4-6H2,1-3H3. The Morgan fingerprint density at radius 1 is 1.20 bits per heavy atom. The van der Waals surface area contributed by atoms with Crippen LogP contribution in [0.2, 0.25) is 0 Å². The third kappa shape index (κ3) is 3.88. The van der Waals surface area contributed by atoms with Gasteiger partial charge in [-0.05, 0) is 24.0 Å². The van der Waals surface area contributed by atoms with Crippen molar-refractivity contribution in [3.63, 3.8) is 0 Å². The topological polar surface area (TPSA) is 85.2 Å². The second kappa shape index (κ2) is 7.76. The minimum Gasteiger partial charge on any atom is -0.496 e. The minimum absolute atomic E-state index is 0.135. The van der Waals surface area contributed by atoms with Crippen LogP contribution >= 0.6 is 0 Å². The van der Waals surface area contributed by atoms with E-state index in [1.54, 1.807) is 0 Å². The van der Waals surface area contributed by atoms with Gasteiger partial charge in [-0.25, -0.2) is 4.79 Å². The van der Waals surface area contributed by atoms with Crippen LogP contribution in [0.25, 0.3) is 0 Å². The van der Waals surface area contributed by atoms with Crippen molar-refractivity contribution < 1.29 is 29.1 Å². The fourth-order valence-electron chi connectivity index (χ4n) is 1.66. The van der Waals surface area contributed by atoms with Gasteiger partial charge >= 0.3 is 13.1 Å². The van der Waals surface area contributed by atoms with Crippen molar-refractivity contribution in [3.8, 4) is 11.5 Å². The van der Waals surface area contributed by atoms with E-state index in [2.05, 4.69) is 0 Å². The van der Waals surface area contributed by atoms with E-state index in [4.69, 9.17) is 14.2 Å². The maximum atomic E-state index is 12.1. The highest BCUT2D eigenvalue weighted by Crippen LogP contribution is 2.28. The summed E-state index contributed by atoms with van der Waals surface area (Å²) in [5.41, 5.74) is 0.305. The normalized spacial score (nSPS) is 10.1. The quantitative estimate of drug-likeness (QED) is 0.426. The van der Waals surface area contributed by atoms with Crippen molar-refractivity contribution >= 4 is 18.6 Å². The van der Waals surface area contributed by atoms with E-state index >= 15 is 0 Å². The van der Waals surface area contributed by atoms with Gasteiger partial charge in [-0.3, -0.25) is 0 Å². The largest absolute Gasteiger partial charge is 0.496 e. The van der Waals surface area contributed by atoms with Gasteiger partial charge in [-0.15, -0.1) is 0 Å². The molecule has 0 amide bonds. The van der Waals surface area contributed by atoms with E-state index in [9.17, 15) is 14.8 Å². The number of rotatable bonds is 7. The predicted molar refractivity (Wildman–Crippen MR) is 74.6 cm³/mol. The number of hydrogen-bond donors (Lipinski definition) is 2. The number of hydrogen-bond acceptors (Lipinski definition) is 6. The Balaban J connectivity index is 3.12. The fourth-order valence-corrected chi connectivity index (χ4v) is 1.66. The highest BCUT2D eigenvalue weighted by molar-refractivity contribution is 6.58. The Morgan fingerprint density at radius 3 is 2.15 bits per heavy atom.